The number of hydrogen-bond acceptors (Lipinski definition) is 2. The van der Waals surface area contributed by atoms with Gasteiger partial charge in [-0.2, -0.15) is 0 Å². The Morgan fingerprint density at radius 3 is 2.32 bits per heavy atom. The molecule has 0 radical (unpaired) electrons. The highest BCUT2D eigenvalue weighted by Crippen LogP contribution is 2.65. The van der Waals surface area contributed by atoms with Gasteiger partial charge >= 0.3 is 0 Å². The molecule has 0 heterocycles. The van der Waals surface area contributed by atoms with Crippen molar-refractivity contribution < 1.29 is 4.79 Å². The van der Waals surface area contributed by atoms with Crippen LogP contribution in [0.5, 0.6) is 0 Å². The van der Waals surface area contributed by atoms with Gasteiger partial charge < -0.3 is 10.6 Å². The van der Waals surface area contributed by atoms with Crippen LogP contribution >= 0.6 is 0 Å². The molecule has 1 aromatic rings. The van der Waals surface area contributed by atoms with Crippen LogP contribution in [-0.2, 0) is 4.79 Å². The monoisotopic (exact) mass is 300 g/mol. The average Bonchev–Trinajstić information content (AvgIpc) is 3.10. The van der Waals surface area contributed by atoms with E-state index in [9.17, 15) is 4.79 Å². The van der Waals surface area contributed by atoms with Gasteiger partial charge in [-0.15, -0.1) is 0 Å². The third-order valence-electron chi connectivity index (χ3n) is 5.89. The maximum Gasteiger partial charge on any atom is 0.226 e. The molecule has 3 heteroatoms. The summed E-state index contributed by atoms with van der Waals surface area (Å²) in [5, 5.41) is 0. The van der Waals surface area contributed by atoms with Crippen LogP contribution in [0.1, 0.15) is 51.0 Å². The standard InChI is InChI=1S/C19H28N2O/c1-19(2)16(13-7-5-4-6-8-13)17(19)18(22)21(3)15-11-9-14(20)10-12-15/h4-8,14-17H,9-12,20H2,1-3H3/t14?,15?,16-,17+/m0/s1. The lowest BCUT2D eigenvalue weighted by Crippen LogP contribution is -2.43. The van der Waals surface area contributed by atoms with Gasteiger partial charge in [-0.25, -0.2) is 0 Å². The van der Waals surface area contributed by atoms with Gasteiger partial charge in [0.1, 0.15) is 0 Å². The summed E-state index contributed by atoms with van der Waals surface area (Å²) >= 11 is 0. The second kappa shape index (κ2) is 5.69. The van der Waals surface area contributed by atoms with Gasteiger partial charge in [-0.1, -0.05) is 44.2 Å². The van der Waals surface area contributed by atoms with E-state index in [0.29, 0.717) is 23.9 Å². The molecule has 2 fully saturated rings. The maximum atomic E-state index is 13.0. The van der Waals surface area contributed by atoms with E-state index < -0.39 is 0 Å². The van der Waals surface area contributed by atoms with Gasteiger partial charge in [0.2, 0.25) is 5.91 Å². The molecule has 120 valence electrons. The van der Waals surface area contributed by atoms with E-state index in [0.717, 1.165) is 25.7 Å². The Morgan fingerprint density at radius 1 is 1.14 bits per heavy atom. The van der Waals surface area contributed by atoms with E-state index in [1.165, 1.54) is 5.56 Å². The van der Waals surface area contributed by atoms with Crippen molar-refractivity contribution in [1.29, 1.82) is 0 Å². The van der Waals surface area contributed by atoms with Gasteiger partial charge in [0, 0.05) is 25.0 Å². The Morgan fingerprint density at radius 2 is 1.73 bits per heavy atom. The number of hydrogen-bond donors (Lipinski definition) is 1. The highest BCUT2D eigenvalue weighted by molar-refractivity contribution is 5.85. The molecule has 0 saturated heterocycles. The minimum atomic E-state index is 0.0672. The van der Waals surface area contributed by atoms with Crippen LogP contribution in [0.3, 0.4) is 0 Å². The minimum Gasteiger partial charge on any atom is -0.342 e. The largest absolute Gasteiger partial charge is 0.342 e. The number of carbonyl (C=O) groups excluding carboxylic acids is 1. The van der Waals surface area contributed by atoms with Crippen molar-refractivity contribution in [3.63, 3.8) is 0 Å². The van der Waals surface area contributed by atoms with E-state index in [-0.39, 0.29) is 11.3 Å². The molecular formula is C19H28N2O. The van der Waals surface area contributed by atoms with Gasteiger partial charge in [0.05, 0.1) is 5.92 Å². The molecule has 0 unspecified atom stereocenters. The number of rotatable bonds is 3. The molecule has 0 spiro atoms. The van der Waals surface area contributed by atoms with E-state index in [4.69, 9.17) is 5.73 Å². The van der Waals surface area contributed by atoms with Crippen LogP contribution in [0.2, 0.25) is 0 Å². The fourth-order valence-corrected chi connectivity index (χ4v) is 4.27. The average molecular weight is 300 g/mol. The van der Waals surface area contributed by atoms with Crippen LogP contribution in [0, 0.1) is 11.3 Å². The molecule has 0 aliphatic heterocycles. The molecule has 1 aromatic carbocycles. The summed E-state index contributed by atoms with van der Waals surface area (Å²) in [6.07, 6.45) is 4.18. The van der Waals surface area contributed by atoms with Crippen molar-refractivity contribution in [2.24, 2.45) is 17.1 Å². The zero-order valence-electron chi connectivity index (χ0n) is 14.0. The van der Waals surface area contributed by atoms with Crippen LogP contribution in [0.25, 0.3) is 0 Å². The molecule has 2 aliphatic carbocycles. The zero-order chi connectivity index (χ0) is 15.9. The van der Waals surface area contributed by atoms with Crippen molar-refractivity contribution in [3.8, 4) is 0 Å². The van der Waals surface area contributed by atoms with E-state index in [1.54, 1.807) is 0 Å². The molecule has 1 amide bonds. The Labute approximate surface area is 133 Å². The Balaban J connectivity index is 1.70. The maximum absolute atomic E-state index is 13.0. The lowest BCUT2D eigenvalue weighted by Gasteiger charge is -2.34. The lowest BCUT2D eigenvalue weighted by atomic mass is 9.90. The second-order valence-corrected chi connectivity index (χ2v) is 7.71. The summed E-state index contributed by atoms with van der Waals surface area (Å²) in [5.41, 5.74) is 7.35. The van der Waals surface area contributed by atoms with Crippen LogP contribution in [0.4, 0.5) is 0 Å². The number of carbonyl (C=O) groups is 1. The van der Waals surface area contributed by atoms with Crippen molar-refractivity contribution in [2.45, 2.75) is 57.5 Å². The third kappa shape index (κ3) is 2.67. The molecule has 22 heavy (non-hydrogen) atoms. The Hall–Kier alpha value is -1.35. The molecule has 3 rings (SSSR count). The van der Waals surface area contributed by atoms with E-state index >= 15 is 0 Å². The predicted molar refractivity (Wildman–Crippen MR) is 89.5 cm³/mol. The summed E-state index contributed by atoms with van der Waals surface area (Å²) in [6, 6.07) is 11.2. The highest BCUT2D eigenvalue weighted by atomic mass is 16.2. The first kappa shape index (κ1) is 15.5. The van der Waals surface area contributed by atoms with Crippen LogP contribution in [-0.4, -0.2) is 29.9 Å². The van der Waals surface area contributed by atoms with Crippen molar-refractivity contribution in [1.82, 2.24) is 4.90 Å². The van der Waals surface area contributed by atoms with Gasteiger partial charge in [-0.05, 0) is 36.7 Å². The first-order valence-electron chi connectivity index (χ1n) is 8.50. The van der Waals surface area contributed by atoms with Crippen molar-refractivity contribution in [2.75, 3.05) is 7.05 Å². The molecule has 2 atom stereocenters. The van der Waals surface area contributed by atoms with E-state index in [2.05, 4.69) is 38.1 Å². The zero-order valence-corrected chi connectivity index (χ0v) is 14.0. The molecule has 2 aliphatic rings. The Kier molecular flexibility index (Phi) is 4.02. The Bertz CT molecular complexity index is 532. The summed E-state index contributed by atoms with van der Waals surface area (Å²) in [6.45, 7) is 4.44. The van der Waals surface area contributed by atoms with Crippen molar-refractivity contribution in [3.05, 3.63) is 35.9 Å². The topological polar surface area (TPSA) is 46.3 Å². The molecule has 3 nitrogen and oxygen atoms in total. The smallest absolute Gasteiger partial charge is 0.226 e. The van der Waals surface area contributed by atoms with E-state index in [1.807, 2.05) is 18.0 Å². The number of amides is 1. The van der Waals surface area contributed by atoms with Crippen molar-refractivity contribution >= 4 is 5.91 Å². The molecular weight excluding hydrogens is 272 g/mol. The third-order valence-corrected chi connectivity index (χ3v) is 5.89. The van der Waals surface area contributed by atoms with Gasteiger partial charge in [0.25, 0.3) is 0 Å². The molecule has 0 aromatic heterocycles. The normalized spacial score (nSPS) is 33.3. The number of benzene rings is 1. The summed E-state index contributed by atoms with van der Waals surface area (Å²) in [4.78, 5) is 15.0. The molecule has 0 bridgehead atoms. The second-order valence-electron chi connectivity index (χ2n) is 7.71. The molecule has 2 N–H and O–H groups in total. The lowest BCUT2D eigenvalue weighted by molar-refractivity contribution is -0.134. The van der Waals surface area contributed by atoms with Crippen LogP contribution < -0.4 is 5.73 Å². The van der Waals surface area contributed by atoms with Gasteiger partial charge in [0.15, 0.2) is 0 Å². The SMILES string of the molecule is CN(C(=O)[C@H]1[C@H](c2ccccc2)C1(C)C)C1CCC(N)CC1. The van der Waals surface area contributed by atoms with Gasteiger partial charge in [-0.3, -0.25) is 4.79 Å². The van der Waals surface area contributed by atoms with Crippen LogP contribution in [0.15, 0.2) is 30.3 Å². The number of nitrogens with zero attached hydrogens (tertiary/aromatic N) is 1. The minimum absolute atomic E-state index is 0.0672. The quantitative estimate of drug-likeness (QED) is 0.932. The highest BCUT2D eigenvalue weighted by Gasteiger charge is 2.63. The summed E-state index contributed by atoms with van der Waals surface area (Å²) < 4.78 is 0. The summed E-state index contributed by atoms with van der Waals surface area (Å²) in [5.74, 6) is 0.796. The molecule has 2 saturated carbocycles. The first-order chi connectivity index (χ1) is 10.4. The first-order valence-corrected chi connectivity index (χ1v) is 8.50. The predicted octanol–water partition coefficient (Wildman–Crippen LogP) is 3.15. The summed E-state index contributed by atoms with van der Waals surface area (Å²) in [7, 11) is 1.99. The fraction of sp³-hybridized carbons (Fsp3) is 0.632. The fourth-order valence-electron chi connectivity index (χ4n) is 4.27. The number of nitrogens with two attached hydrogens (primary N) is 1.